The van der Waals surface area contributed by atoms with Crippen molar-refractivity contribution < 1.29 is 4.74 Å². The number of nitrogens with one attached hydrogen (secondary N) is 1. The SMILES string of the molecule is CCC1(CC)CC(NCc2c(Cl)ccc(Cl)c2Cl)CCO1. The lowest BCUT2D eigenvalue weighted by Crippen LogP contribution is -2.46. The molecule has 0 aromatic heterocycles. The number of hydrogen-bond acceptors (Lipinski definition) is 2. The Morgan fingerprint density at radius 1 is 1.19 bits per heavy atom. The first kappa shape index (κ1) is 17.4. The highest BCUT2D eigenvalue weighted by Gasteiger charge is 2.34. The predicted molar refractivity (Wildman–Crippen MR) is 90.6 cm³/mol. The van der Waals surface area contributed by atoms with Crippen LogP contribution in [0.5, 0.6) is 0 Å². The Hall–Kier alpha value is 0.01000. The minimum atomic E-state index is 0.0117. The minimum Gasteiger partial charge on any atom is -0.375 e. The molecule has 2 nitrogen and oxygen atoms in total. The van der Waals surface area contributed by atoms with Crippen LogP contribution in [0.1, 0.15) is 45.1 Å². The second kappa shape index (κ2) is 7.52. The first-order valence-corrected chi connectivity index (χ1v) is 8.64. The van der Waals surface area contributed by atoms with Crippen LogP contribution in [0.2, 0.25) is 15.1 Å². The van der Waals surface area contributed by atoms with Crippen LogP contribution in [0.25, 0.3) is 0 Å². The summed E-state index contributed by atoms with van der Waals surface area (Å²) in [6.45, 7) is 5.82. The Bertz CT molecular complexity index is 489. The maximum Gasteiger partial charge on any atom is 0.0692 e. The van der Waals surface area contributed by atoms with Crippen molar-refractivity contribution in [2.24, 2.45) is 0 Å². The molecule has 1 aliphatic heterocycles. The summed E-state index contributed by atoms with van der Waals surface area (Å²) in [6, 6.07) is 3.94. The molecule has 0 saturated carbocycles. The van der Waals surface area contributed by atoms with E-state index in [0.29, 0.717) is 27.7 Å². The van der Waals surface area contributed by atoms with Gasteiger partial charge in [-0.3, -0.25) is 0 Å². The zero-order valence-electron chi connectivity index (χ0n) is 12.5. The van der Waals surface area contributed by atoms with Gasteiger partial charge >= 0.3 is 0 Å². The normalized spacial score (nSPS) is 21.5. The average Bonchev–Trinajstić information content (AvgIpc) is 2.51. The van der Waals surface area contributed by atoms with Crippen molar-refractivity contribution in [1.29, 1.82) is 0 Å². The third kappa shape index (κ3) is 4.05. The van der Waals surface area contributed by atoms with E-state index in [9.17, 15) is 0 Å². The quantitative estimate of drug-likeness (QED) is 0.710. The Balaban J connectivity index is 2.02. The van der Waals surface area contributed by atoms with Crippen LogP contribution >= 0.6 is 34.8 Å². The first-order valence-electron chi connectivity index (χ1n) is 7.51. The number of benzene rings is 1. The summed E-state index contributed by atoms with van der Waals surface area (Å²) in [5, 5.41) is 5.30. The maximum atomic E-state index is 6.25. The molecule has 0 amide bonds. The van der Waals surface area contributed by atoms with Crippen LogP contribution in [-0.2, 0) is 11.3 Å². The van der Waals surface area contributed by atoms with Gasteiger partial charge in [0.05, 0.1) is 15.6 Å². The van der Waals surface area contributed by atoms with Crippen molar-refractivity contribution in [2.75, 3.05) is 6.61 Å². The van der Waals surface area contributed by atoms with Crippen LogP contribution in [0.3, 0.4) is 0 Å². The Kier molecular flexibility index (Phi) is 6.22. The fourth-order valence-corrected chi connectivity index (χ4v) is 3.60. The summed E-state index contributed by atoms with van der Waals surface area (Å²) in [5.74, 6) is 0. The molecule has 1 atom stereocenters. The van der Waals surface area contributed by atoms with E-state index in [2.05, 4.69) is 19.2 Å². The van der Waals surface area contributed by atoms with E-state index in [1.807, 2.05) is 0 Å². The minimum absolute atomic E-state index is 0.0117. The van der Waals surface area contributed by atoms with E-state index in [0.717, 1.165) is 37.9 Å². The maximum absolute atomic E-state index is 6.25. The molecule has 118 valence electrons. The molecule has 1 aliphatic rings. The summed E-state index contributed by atoms with van der Waals surface area (Å²) < 4.78 is 6.00. The summed E-state index contributed by atoms with van der Waals surface area (Å²) in [7, 11) is 0. The number of rotatable bonds is 5. The van der Waals surface area contributed by atoms with Gasteiger partial charge in [0.25, 0.3) is 0 Å². The van der Waals surface area contributed by atoms with Crippen molar-refractivity contribution in [1.82, 2.24) is 5.32 Å². The summed E-state index contributed by atoms with van der Waals surface area (Å²) in [4.78, 5) is 0. The standard InChI is InChI=1S/C16H22Cl3NO/c1-3-16(4-2)9-11(7-8-21-16)20-10-12-13(17)5-6-14(18)15(12)19/h5-6,11,20H,3-4,7-10H2,1-2H3. The highest BCUT2D eigenvalue weighted by molar-refractivity contribution is 6.44. The fraction of sp³-hybridized carbons (Fsp3) is 0.625. The van der Waals surface area contributed by atoms with E-state index < -0.39 is 0 Å². The van der Waals surface area contributed by atoms with Crippen molar-refractivity contribution in [3.05, 3.63) is 32.8 Å². The van der Waals surface area contributed by atoms with Gasteiger partial charge in [-0.15, -0.1) is 0 Å². The average molecular weight is 351 g/mol. The van der Waals surface area contributed by atoms with Gasteiger partial charge in [0.1, 0.15) is 0 Å². The lowest BCUT2D eigenvalue weighted by atomic mass is 9.86. The third-order valence-electron chi connectivity index (χ3n) is 4.49. The Morgan fingerprint density at radius 2 is 1.86 bits per heavy atom. The highest BCUT2D eigenvalue weighted by atomic mass is 35.5. The predicted octanol–water partition coefficient (Wildman–Crippen LogP) is 5.47. The molecule has 0 spiro atoms. The first-order chi connectivity index (χ1) is 10.0. The van der Waals surface area contributed by atoms with Crippen LogP contribution in [0.15, 0.2) is 12.1 Å². The zero-order valence-corrected chi connectivity index (χ0v) is 14.8. The summed E-state index contributed by atoms with van der Waals surface area (Å²) in [5.41, 5.74) is 0.883. The van der Waals surface area contributed by atoms with E-state index in [1.54, 1.807) is 12.1 Å². The summed E-state index contributed by atoms with van der Waals surface area (Å²) >= 11 is 18.5. The monoisotopic (exact) mass is 349 g/mol. The molecule has 2 rings (SSSR count). The van der Waals surface area contributed by atoms with Crippen LogP contribution in [-0.4, -0.2) is 18.2 Å². The van der Waals surface area contributed by atoms with Gasteiger partial charge in [0.2, 0.25) is 0 Å². The molecule has 5 heteroatoms. The smallest absolute Gasteiger partial charge is 0.0692 e. The van der Waals surface area contributed by atoms with Gasteiger partial charge in [0.15, 0.2) is 0 Å². The van der Waals surface area contributed by atoms with Gasteiger partial charge in [-0.05, 0) is 37.8 Å². The largest absolute Gasteiger partial charge is 0.375 e. The molecule has 1 N–H and O–H groups in total. The van der Waals surface area contributed by atoms with E-state index in [1.165, 1.54) is 0 Å². The van der Waals surface area contributed by atoms with Gasteiger partial charge in [-0.25, -0.2) is 0 Å². The van der Waals surface area contributed by atoms with Gasteiger partial charge in [0, 0.05) is 29.8 Å². The second-order valence-corrected chi connectivity index (χ2v) is 6.82. The number of ether oxygens (including phenoxy) is 1. The van der Waals surface area contributed by atoms with Crippen molar-refractivity contribution >= 4 is 34.8 Å². The second-order valence-electron chi connectivity index (χ2n) is 5.63. The molecular weight excluding hydrogens is 329 g/mol. The van der Waals surface area contributed by atoms with Crippen LogP contribution in [0, 0.1) is 0 Å². The Morgan fingerprint density at radius 3 is 2.52 bits per heavy atom. The van der Waals surface area contributed by atoms with Crippen LogP contribution < -0.4 is 5.32 Å². The topological polar surface area (TPSA) is 21.3 Å². The molecule has 1 heterocycles. The lowest BCUT2D eigenvalue weighted by Gasteiger charge is -2.40. The molecule has 21 heavy (non-hydrogen) atoms. The highest BCUT2D eigenvalue weighted by Crippen LogP contribution is 2.33. The number of halogens is 3. The molecule has 0 aliphatic carbocycles. The molecule has 0 bridgehead atoms. The van der Waals surface area contributed by atoms with Gasteiger partial charge < -0.3 is 10.1 Å². The molecular formula is C16H22Cl3NO. The van der Waals surface area contributed by atoms with Crippen molar-refractivity contribution in [3.63, 3.8) is 0 Å². The van der Waals surface area contributed by atoms with E-state index in [-0.39, 0.29) is 5.60 Å². The molecule has 1 unspecified atom stereocenters. The molecule has 0 radical (unpaired) electrons. The van der Waals surface area contributed by atoms with Crippen molar-refractivity contribution in [2.45, 2.75) is 57.7 Å². The van der Waals surface area contributed by atoms with E-state index in [4.69, 9.17) is 39.5 Å². The fourth-order valence-electron chi connectivity index (χ4n) is 2.92. The van der Waals surface area contributed by atoms with E-state index >= 15 is 0 Å². The molecule has 1 fully saturated rings. The van der Waals surface area contributed by atoms with Crippen molar-refractivity contribution in [3.8, 4) is 0 Å². The van der Waals surface area contributed by atoms with Gasteiger partial charge in [-0.2, -0.15) is 0 Å². The number of hydrogen-bond donors (Lipinski definition) is 1. The molecule has 1 aromatic rings. The lowest BCUT2D eigenvalue weighted by molar-refractivity contribution is -0.0932. The summed E-state index contributed by atoms with van der Waals surface area (Å²) in [6.07, 6.45) is 4.12. The zero-order chi connectivity index (χ0) is 15.5. The van der Waals surface area contributed by atoms with Gasteiger partial charge in [-0.1, -0.05) is 48.7 Å². The van der Waals surface area contributed by atoms with Crippen LogP contribution in [0.4, 0.5) is 0 Å². The Labute approximate surface area is 142 Å². The molecule has 1 saturated heterocycles. The third-order valence-corrected chi connectivity index (χ3v) is 5.69. The molecule has 1 aromatic carbocycles.